The average molecular weight is 356 g/mol. The maximum atomic E-state index is 11.8. The number of morpholine rings is 1. The molecule has 1 unspecified atom stereocenters. The van der Waals surface area contributed by atoms with Gasteiger partial charge in [-0.2, -0.15) is 4.98 Å². The van der Waals surface area contributed by atoms with Crippen molar-refractivity contribution in [1.29, 1.82) is 0 Å². The van der Waals surface area contributed by atoms with Gasteiger partial charge in [0.2, 0.25) is 5.88 Å². The van der Waals surface area contributed by atoms with E-state index in [-0.39, 0.29) is 12.0 Å². The minimum absolute atomic E-state index is 0.0114. The lowest BCUT2D eigenvalue weighted by molar-refractivity contribution is 0.0394. The van der Waals surface area contributed by atoms with E-state index in [0.717, 1.165) is 24.3 Å². The van der Waals surface area contributed by atoms with Crippen molar-refractivity contribution in [3.05, 3.63) is 53.1 Å². The quantitative estimate of drug-likeness (QED) is 0.768. The van der Waals surface area contributed by atoms with Crippen molar-refractivity contribution in [3.63, 3.8) is 0 Å². The molecule has 1 aliphatic rings. The van der Waals surface area contributed by atoms with Gasteiger partial charge in [-0.3, -0.25) is 0 Å². The van der Waals surface area contributed by atoms with Crippen LogP contribution in [0.1, 0.15) is 34.5 Å². The summed E-state index contributed by atoms with van der Waals surface area (Å²) in [6.45, 7) is 4.18. The van der Waals surface area contributed by atoms with E-state index in [1.54, 1.807) is 6.07 Å². The van der Waals surface area contributed by atoms with E-state index in [4.69, 9.17) is 14.2 Å². The molecule has 1 saturated heterocycles. The van der Waals surface area contributed by atoms with Gasteiger partial charge in [-0.05, 0) is 29.7 Å². The first-order chi connectivity index (χ1) is 12.7. The molecule has 0 N–H and O–H groups in total. The summed E-state index contributed by atoms with van der Waals surface area (Å²) in [4.78, 5) is 18.4. The fourth-order valence-electron chi connectivity index (χ4n) is 3.05. The number of ether oxygens (including phenoxy) is 3. The lowest BCUT2D eigenvalue weighted by Crippen LogP contribution is -2.38. The molecular formula is C20H24N2O4. The van der Waals surface area contributed by atoms with Gasteiger partial charge in [0, 0.05) is 13.1 Å². The largest absolute Gasteiger partial charge is 0.480 e. The van der Waals surface area contributed by atoms with E-state index < -0.39 is 5.97 Å². The standard InChI is InChI=1S/C20H24N2O4/c1-4-14-5-7-15(8-6-14)17-13-22(11-12-26-17)18-10-9-16(20(23)25-3)19(21-18)24-2/h5-10,17H,4,11-13H2,1-3H3. The third-order valence-corrected chi connectivity index (χ3v) is 4.59. The van der Waals surface area contributed by atoms with Crippen LogP contribution in [0.15, 0.2) is 36.4 Å². The Bertz CT molecular complexity index is 761. The first-order valence-electron chi connectivity index (χ1n) is 8.75. The van der Waals surface area contributed by atoms with Gasteiger partial charge >= 0.3 is 5.97 Å². The number of pyridine rings is 1. The number of esters is 1. The molecule has 3 rings (SSSR count). The van der Waals surface area contributed by atoms with E-state index in [2.05, 4.69) is 41.1 Å². The molecule has 6 nitrogen and oxygen atoms in total. The molecule has 6 heteroatoms. The van der Waals surface area contributed by atoms with Crippen LogP contribution in [0.3, 0.4) is 0 Å². The van der Waals surface area contributed by atoms with Gasteiger partial charge in [-0.1, -0.05) is 31.2 Å². The third kappa shape index (κ3) is 3.80. The summed E-state index contributed by atoms with van der Waals surface area (Å²) in [7, 11) is 2.84. The fraction of sp³-hybridized carbons (Fsp3) is 0.400. The average Bonchev–Trinajstić information content (AvgIpc) is 2.72. The Morgan fingerprint density at radius 1 is 1.23 bits per heavy atom. The fourth-order valence-corrected chi connectivity index (χ4v) is 3.05. The number of hydrogen-bond acceptors (Lipinski definition) is 6. The van der Waals surface area contributed by atoms with Crippen molar-refractivity contribution in [2.75, 3.05) is 38.8 Å². The Balaban J connectivity index is 1.79. The van der Waals surface area contributed by atoms with E-state index in [1.807, 2.05) is 6.07 Å². The van der Waals surface area contributed by atoms with Crippen LogP contribution in [-0.2, 0) is 15.9 Å². The number of carbonyl (C=O) groups excluding carboxylic acids is 1. The molecule has 26 heavy (non-hydrogen) atoms. The summed E-state index contributed by atoms with van der Waals surface area (Å²) in [6, 6.07) is 12.0. The predicted octanol–water partition coefficient (Wildman–Crippen LogP) is 3.02. The molecule has 1 aromatic carbocycles. The second-order valence-corrected chi connectivity index (χ2v) is 6.12. The highest BCUT2D eigenvalue weighted by Gasteiger charge is 2.24. The summed E-state index contributed by atoms with van der Waals surface area (Å²) < 4.78 is 16.0. The van der Waals surface area contributed by atoms with Gasteiger partial charge in [0.25, 0.3) is 0 Å². The Hall–Kier alpha value is -2.60. The number of nitrogens with zero attached hydrogens (tertiary/aromatic N) is 2. The van der Waals surface area contributed by atoms with Crippen LogP contribution in [0.4, 0.5) is 5.82 Å². The molecule has 0 amide bonds. The summed E-state index contributed by atoms with van der Waals surface area (Å²) in [5.74, 6) is 0.564. The molecule has 2 aromatic rings. The number of benzene rings is 1. The molecule has 0 aliphatic carbocycles. The molecule has 0 spiro atoms. The lowest BCUT2D eigenvalue weighted by atomic mass is 10.0. The SMILES string of the molecule is CCc1ccc(C2CN(c3ccc(C(=O)OC)c(OC)n3)CCO2)cc1. The Morgan fingerprint density at radius 3 is 2.65 bits per heavy atom. The maximum absolute atomic E-state index is 11.8. The molecule has 1 aliphatic heterocycles. The lowest BCUT2D eigenvalue weighted by Gasteiger charge is -2.34. The molecule has 1 fully saturated rings. The van der Waals surface area contributed by atoms with Crippen molar-refractivity contribution in [2.24, 2.45) is 0 Å². The number of carbonyl (C=O) groups is 1. The van der Waals surface area contributed by atoms with E-state index in [1.165, 1.54) is 19.8 Å². The number of anilines is 1. The topological polar surface area (TPSA) is 60.9 Å². The highest BCUT2D eigenvalue weighted by atomic mass is 16.5. The summed E-state index contributed by atoms with van der Waals surface area (Å²) in [5.41, 5.74) is 2.79. The van der Waals surface area contributed by atoms with Crippen LogP contribution >= 0.6 is 0 Å². The molecular weight excluding hydrogens is 332 g/mol. The Kier molecular flexibility index (Phi) is 5.73. The van der Waals surface area contributed by atoms with Crippen LogP contribution in [0, 0.1) is 0 Å². The normalized spacial score (nSPS) is 17.0. The summed E-state index contributed by atoms with van der Waals surface area (Å²) >= 11 is 0. The molecule has 1 atom stereocenters. The second-order valence-electron chi connectivity index (χ2n) is 6.12. The van der Waals surface area contributed by atoms with Gasteiger partial charge in [0.05, 0.1) is 20.8 Å². The van der Waals surface area contributed by atoms with Crippen LogP contribution < -0.4 is 9.64 Å². The first-order valence-corrected chi connectivity index (χ1v) is 8.75. The molecule has 0 bridgehead atoms. The number of hydrogen-bond donors (Lipinski definition) is 0. The zero-order valence-electron chi connectivity index (χ0n) is 15.4. The van der Waals surface area contributed by atoms with Gasteiger partial charge in [0.15, 0.2) is 0 Å². The summed E-state index contributed by atoms with van der Waals surface area (Å²) in [5, 5.41) is 0. The number of aryl methyl sites for hydroxylation is 1. The predicted molar refractivity (Wildman–Crippen MR) is 98.9 cm³/mol. The monoisotopic (exact) mass is 356 g/mol. The Labute approximate surface area is 153 Å². The van der Waals surface area contributed by atoms with Crippen LogP contribution in [0.5, 0.6) is 5.88 Å². The van der Waals surface area contributed by atoms with Crippen LogP contribution in [0.25, 0.3) is 0 Å². The number of aromatic nitrogens is 1. The third-order valence-electron chi connectivity index (χ3n) is 4.59. The molecule has 0 radical (unpaired) electrons. The first kappa shape index (κ1) is 18.2. The van der Waals surface area contributed by atoms with Crippen molar-refractivity contribution in [3.8, 4) is 5.88 Å². The van der Waals surface area contributed by atoms with Crippen molar-refractivity contribution >= 4 is 11.8 Å². The van der Waals surface area contributed by atoms with E-state index >= 15 is 0 Å². The van der Waals surface area contributed by atoms with Gasteiger partial charge in [-0.25, -0.2) is 4.79 Å². The second kappa shape index (κ2) is 8.19. The van der Waals surface area contributed by atoms with Gasteiger partial charge in [0.1, 0.15) is 17.5 Å². The highest BCUT2D eigenvalue weighted by Crippen LogP contribution is 2.28. The molecule has 138 valence electrons. The minimum atomic E-state index is -0.461. The van der Waals surface area contributed by atoms with E-state index in [9.17, 15) is 4.79 Å². The van der Waals surface area contributed by atoms with Crippen LogP contribution in [-0.4, -0.2) is 44.9 Å². The molecule has 0 saturated carbocycles. The van der Waals surface area contributed by atoms with Gasteiger partial charge in [-0.15, -0.1) is 0 Å². The Morgan fingerprint density at radius 2 is 2.00 bits per heavy atom. The molecule has 2 heterocycles. The number of rotatable bonds is 5. The smallest absolute Gasteiger partial charge is 0.343 e. The zero-order valence-corrected chi connectivity index (χ0v) is 15.4. The van der Waals surface area contributed by atoms with Crippen molar-refractivity contribution in [1.82, 2.24) is 4.98 Å². The number of methoxy groups -OCH3 is 2. The van der Waals surface area contributed by atoms with Crippen LogP contribution in [0.2, 0.25) is 0 Å². The molecule has 1 aromatic heterocycles. The maximum Gasteiger partial charge on any atom is 0.343 e. The van der Waals surface area contributed by atoms with Crippen molar-refractivity contribution < 1.29 is 19.0 Å². The zero-order chi connectivity index (χ0) is 18.5. The summed E-state index contributed by atoms with van der Waals surface area (Å²) in [6.07, 6.45) is 1.01. The highest BCUT2D eigenvalue weighted by molar-refractivity contribution is 5.92. The van der Waals surface area contributed by atoms with Gasteiger partial charge < -0.3 is 19.1 Å². The van der Waals surface area contributed by atoms with Crippen molar-refractivity contribution in [2.45, 2.75) is 19.4 Å². The van der Waals surface area contributed by atoms with E-state index in [0.29, 0.717) is 18.7 Å². The minimum Gasteiger partial charge on any atom is -0.480 e.